The van der Waals surface area contributed by atoms with Crippen LogP contribution in [0.2, 0.25) is 0 Å². The van der Waals surface area contributed by atoms with Gasteiger partial charge in [-0.05, 0) is 12.1 Å². The second-order valence-corrected chi connectivity index (χ2v) is 5.37. The molecule has 90 valence electrons. The Balaban J connectivity index is 2.04. The van der Waals surface area contributed by atoms with Crippen LogP contribution in [-0.4, -0.2) is 9.97 Å². The highest BCUT2D eigenvalue weighted by Gasteiger charge is 2.09. The van der Waals surface area contributed by atoms with Gasteiger partial charge in [-0.3, -0.25) is 4.98 Å². The molecule has 4 rings (SSSR count). The van der Waals surface area contributed by atoms with E-state index in [0.717, 1.165) is 26.3 Å². The number of pyridine rings is 1. The number of benzene rings is 2. The van der Waals surface area contributed by atoms with Crippen LogP contribution in [0.1, 0.15) is 0 Å². The van der Waals surface area contributed by atoms with Gasteiger partial charge in [-0.1, -0.05) is 42.5 Å². The quantitative estimate of drug-likeness (QED) is 0.504. The first-order chi connectivity index (χ1) is 9.42. The Kier molecular flexibility index (Phi) is 2.32. The molecular weight excluding hydrogens is 252 g/mol. The van der Waals surface area contributed by atoms with Crippen LogP contribution in [0, 0.1) is 0 Å². The van der Waals surface area contributed by atoms with E-state index in [9.17, 15) is 0 Å². The van der Waals surface area contributed by atoms with Gasteiger partial charge < -0.3 is 0 Å². The molecule has 19 heavy (non-hydrogen) atoms. The van der Waals surface area contributed by atoms with Crippen molar-refractivity contribution in [3.05, 3.63) is 60.8 Å². The maximum Gasteiger partial charge on any atom is 0.124 e. The fourth-order valence-corrected chi connectivity index (χ4v) is 3.31. The molecule has 0 amide bonds. The molecule has 0 atom stereocenters. The van der Waals surface area contributed by atoms with E-state index < -0.39 is 0 Å². The molecule has 0 fully saturated rings. The van der Waals surface area contributed by atoms with Crippen molar-refractivity contribution in [1.82, 2.24) is 9.97 Å². The van der Waals surface area contributed by atoms with Gasteiger partial charge in [0.25, 0.3) is 0 Å². The molecule has 2 aromatic carbocycles. The van der Waals surface area contributed by atoms with Gasteiger partial charge in [0, 0.05) is 17.1 Å². The molecule has 0 radical (unpaired) electrons. The summed E-state index contributed by atoms with van der Waals surface area (Å²) in [4.78, 5) is 9.20. The Hall–Kier alpha value is -2.26. The lowest BCUT2D eigenvalue weighted by Gasteiger charge is -1.95. The summed E-state index contributed by atoms with van der Waals surface area (Å²) in [6.07, 6.45) is 1.84. The molecule has 2 heterocycles. The van der Waals surface area contributed by atoms with Crippen molar-refractivity contribution in [2.24, 2.45) is 0 Å². The summed E-state index contributed by atoms with van der Waals surface area (Å²) in [6, 6.07) is 18.5. The lowest BCUT2D eigenvalue weighted by molar-refractivity contribution is 1.42. The third-order valence-corrected chi connectivity index (χ3v) is 4.28. The van der Waals surface area contributed by atoms with E-state index in [4.69, 9.17) is 4.98 Å². The highest BCUT2D eigenvalue weighted by Crippen LogP contribution is 2.33. The molecule has 0 bridgehead atoms. The highest BCUT2D eigenvalue weighted by atomic mass is 32.1. The molecule has 2 aromatic heterocycles. The number of fused-ring (bicyclic) bond motifs is 3. The summed E-state index contributed by atoms with van der Waals surface area (Å²) in [5.74, 6) is 0. The van der Waals surface area contributed by atoms with Gasteiger partial charge >= 0.3 is 0 Å². The predicted octanol–water partition coefficient (Wildman–Crippen LogP) is 4.51. The first-order valence-corrected chi connectivity index (χ1v) is 6.93. The summed E-state index contributed by atoms with van der Waals surface area (Å²) in [5.41, 5.74) is 3.22. The second kappa shape index (κ2) is 4.14. The number of hydrogen-bond acceptors (Lipinski definition) is 3. The fraction of sp³-hybridized carbons (Fsp3) is 0. The molecule has 3 heteroatoms. The van der Waals surface area contributed by atoms with Gasteiger partial charge in [0.05, 0.1) is 15.7 Å². The molecule has 0 aliphatic heterocycles. The van der Waals surface area contributed by atoms with Crippen LogP contribution >= 0.6 is 11.3 Å². The van der Waals surface area contributed by atoms with Crippen LogP contribution in [0.15, 0.2) is 60.8 Å². The van der Waals surface area contributed by atoms with E-state index in [2.05, 4.69) is 35.3 Å². The van der Waals surface area contributed by atoms with Gasteiger partial charge in [-0.25, -0.2) is 4.98 Å². The molecule has 0 aliphatic carbocycles. The molecule has 0 spiro atoms. The number of hydrogen-bond donors (Lipinski definition) is 0. The van der Waals surface area contributed by atoms with E-state index in [1.54, 1.807) is 11.3 Å². The van der Waals surface area contributed by atoms with Crippen LogP contribution in [0.4, 0.5) is 0 Å². The molecule has 2 nitrogen and oxygen atoms in total. The van der Waals surface area contributed by atoms with Gasteiger partial charge in [0.1, 0.15) is 5.01 Å². The maximum absolute atomic E-state index is 4.71. The normalized spacial score (nSPS) is 11.2. The summed E-state index contributed by atoms with van der Waals surface area (Å²) >= 11 is 1.71. The third kappa shape index (κ3) is 1.71. The average molecular weight is 262 g/mol. The highest BCUT2D eigenvalue weighted by molar-refractivity contribution is 7.22. The van der Waals surface area contributed by atoms with Crippen LogP contribution < -0.4 is 0 Å². The molecule has 4 aromatic rings. The Morgan fingerprint density at radius 1 is 0.842 bits per heavy atom. The standard InChI is InChI=1S/C16H10N2S/c1-2-5-12(6-3-1)16-18-13-9-8-11-7-4-10-17-14(11)15(13)19-16/h1-10H. The van der Waals surface area contributed by atoms with Crippen LogP contribution in [0.5, 0.6) is 0 Å². The Labute approximate surface area is 114 Å². The smallest absolute Gasteiger partial charge is 0.124 e. The summed E-state index contributed by atoms with van der Waals surface area (Å²) in [7, 11) is 0. The van der Waals surface area contributed by atoms with Crippen LogP contribution in [0.3, 0.4) is 0 Å². The van der Waals surface area contributed by atoms with Crippen LogP contribution in [-0.2, 0) is 0 Å². The van der Waals surface area contributed by atoms with Crippen LogP contribution in [0.25, 0.3) is 31.7 Å². The lowest BCUT2D eigenvalue weighted by atomic mass is 10.2. The van der Waals surface area contributed by atoms with Gasteiger partial charge in [-0.2, -0.15) is 0 Å². The average Bonchev–Trinajstić information content (AvgIpc) is 2.93. The second-order valence-electron chi connectivity index (χ2n) is 4.37. The van der Waals surface area contributed by atoms with Crippen molar-refractivity contribution in [1.29, 1.82) is 0 Å². The number of nitrogens with zero attached hydrogens (tertiary/aromatic N) is 2. The van der Waals surface area contributed by atoms with E-state index >= 15 is 0 Å². The van der Waals surface area contributed by atoms with E-state index in [1.807, 2.05) is 30.5 Å². The minimum absolute atomic E-state index is 1.02. The lowest BCUT2D eigenvalue weighted by Crippen LogP contribution is -1.77. The van der Waals surface area contributed by atoms with Crippen molar-refractivity contribution in [2.45, 2.75) is 0 Å². The molecular formula is C16H10N2S. The Morgan fingerprint density at radius 3 is 2.63 bits per heavy atom. The van der Waals surface area contributed by atoms with Gasteiger partial charge in [0.15, 0.2) is 0 Å². The maximum atomic E-state index is 4.71. The first kappa shape index (κ1) is 10.6. The molecule has 0 aliphatic rings. The summed E-state index contributed by atoms with van der Waals surface area (Å²) in [5, 5.41) is 2.21. The third-order valence-electron chi connectivity index (χ3n) is 3.15. The van der Waals surface area contributed by atoms with Crippen molar-refractivity contribution in [3.63, 3.8) is 0 Å². The number of thiazole rings is 1. The number of aromatic nitrogens is 2. The van der Waals surface area contributed by atoms with Crippen molar-refractivity contribution < 1.29 is 0 Å². The zero-order valence-electron chi connectivity index (χ0n) is 10.1. The molecule has 0 saturated carbocycles. The predicted molar refractivity (Wildman–Crippen MR) is 80.4 cm³/mol. The number of rotatable bonds is 1. The summed E-state index contributed by atoms with van der Waals surface area (Å²) in [6.45, 7) is 0. The molecule has 0 N–H and O–H groups in total. The molecule has 0 saturated heterocycles. The monoisotopic (exact) mass is 262 g/mol. The van der Waals surface area contributed by atoms with Crippen molar-refractivity contribution in [3.8, 4) is 10.6 Å². The minimum Gasteiger partial charge on any atom is -0.255 e. The van der Waals surface area contributed by atoms with E-state index in [-0.39, 0.29) is 0 Å². The topological polar surface area (TPSA) is 25.8 Å². The van der Waals surface area contributed by atoms with Gasteiger partial charge in [0.2, 0.25) is 0 Å². The van der Waals surface area contributed by atoms with E-state index in [1.165, 1.54) is 5.39 Å². The Bertz CT molecular complexity index is 866. The minimum atomic E-state index is 1.02. The fourth-order valence-electron chi connectivity index (χ4n) is 2.23. The zero-order valence-corrected chi connectivity index (χ0v) is 10.9. The van der Waals surface area contributed by atoms with Crippen molar-refractivity contribution in [2.75, 3.05) is 0 Å². The largest absolute Gasteiger partial charge is 0.255 e. The van der Waals surface area contributed by atoms with Crippen molar-refractivity contribution >= 4 is 32.5 Å². The SMILES string of the molecule is c1ccc(-c2nc3ccc4cccnc4c3s2)cc1. The van der Waals surface area contributed by atoms with Gasteiger partial charge in [-0.15, -0.1) is 11.3 Å². The summed E-state index contributed by atoms with van der Waals surface area (Å²) < 4.78 is 1.16. The van der Waals surface area contributed by atoms with E-state index in [0.29, 0.717) is 0 Å². The molecule has 0 unspecified atom stereocenters. The Morgan fingerprint density at radius 2 is 1.74 bits per heavy atom. The first-order valence-electron chi connectivity index (χ1n) is 6.11. The zero-order chi connectivity index (χ0) is 12.7.